The molecule has 1 rings (SSSR count). The van der Waals surface area contributed by atoms with Crippen LogP contribution in [0.25, 0.3) is 0 Å². The van der Waals surface area contributed by atoms with Crippen LogP contribution in [0, 0.1) is 0 Å². The van der Waals surface area contributed by atoms with Crippen molar-refractivity contribution in [1.82, 2.24) is 10.6 Å². The second-order valence-corrected chi connectivity index (χ2v) is 3.88. The lowest BCUT2D eigenvalue weighted by atomic mass is 10.1. The summed E-state index contributed by atoms with van der Waals surface area (Å²) in [6.45, 7) is 10.7. The van der Waals surface area contributed by atoms with Crippen LogP contribution in [0.5, 0.6) is 0 Å². The molecule has 0 atom stereocenters. The van der Waals surface area contributed by atoms with Gasteiger partial charge in [0.2, 0.25) is 0 Å². The molecule has 22 heavy (non-hydrogen) atoms. The fourth-order valence-corrected chi connectivity index (χ4v) is 1.09. The summed E-state index contributed by atoms with van der Waals surface area (Å²) in [4.78, 5) is 22.5. The molecule has 4 nitrogen and oxygen atoms in total. The molecule has 4 heteroatoms. The van der Waals surface area contributed by atoms with E-state index in [9.17, 15) is 9.59 Å². The van der Waals surface area contributed by atoms with Gasteiger partial charge < -0.3 is 10.6 Å². The first-order valence-electron chi connectivity index (χ1n) is 6.87. The Balaban J connectivity index is 0. The van der Waals surface area contributed by atoms with Gasteiger partial charge in [-0.15, -0.1) is 0 Å². The molecular weight excluding hydrogens is 276 g/mol. The molecule has 0 aromatic heterocycles. The third kappa shape index (κ3) is 10.2. The maximum absolute atomic E-state index is 11.2. The first kappa shape index (κ1) is 21.7. The highest BCUT2D eigenvalue weighted by Crippen LogP contribution is 2.04. The number of benzene rings is 1. The van der Waals surface area contributed by atoms with E-state index < -0.39 is 0 Å². The highest BCUT2D eigenvalue weighted by Gasteiger charge is 2.07. The molecule has 0 unspecified atom stereocenters. The number of carbonyl (C=O) groups is 2. The van der Waals surface area contributed by atoms with Crippen molar-refractivity contribution in [2.45, 2.75) is 13.8 Å². The lowest BCUT2D eigenvalue weighted by molar-refractivity contribution is 0.0962. The first-order chi connectivity index (χ1) is 10.5. The third-order valence-corrected chi connectivity index (χ3v) is 2.34. The lowest BCUT2D eigenvalue weighted by Gasteiger charge is -2.02. The second-order valence-electron chi connectivity index (χ2n) is 3.88. The number of carbonyl (C=O) groups excluding carboxylic acids is 2. The van der Waals surface area contributed by atoms with Gasteiger partial charge in [0, 0.05) is 25.2 Å². The molecule has 0 saturated heterocycles. The maximum Gasteiger partial charge on any atom is 0.251 e. The van der Waals surface area contributed by atoms with Crippen molar-refractivity contribution >= 4 is 11.8 Å². The van der Waals surface area contributed by atoms with Crippen molar-refractivity contribution in [3.8, 4) is 0 Å². The quantitative estimate of drug-likeness (QED) is 0.664. The summed E-state index contributed by atoms with van der Waals surface area (Å²) in [5, 5.41) is 4.99. The molecule has 1 aromatic carbocycles. The molecule has 0 spiro atoms. The summed E-state index contributed by atoms with van der Waals surface area (Å²) in [6.07, 6.45) is 7.28. The molecular formula is C18H26N2O2. The van der Waals surface area contributed by atoms with Crippen LogP contribution in [0.1, 0.15) is 34.6 Å². The number of hydrogen-bond donors (Lipinski definition) is 2. The zero-order valence-electron chi connectivity index (χ0n) is 13.8. The van der Waals surface area contributed by atoms with Crippen molar-refractivity contribution in [1.29, 1.82) is 0 Å². The average Bonchev–Trinajstić information content (AvgIpc) is 2.60. The van der Waals surface area contributed by atoms with Crippen molar-refractivity contribution in [3.63, 3.8) is 0 Å². The van der Waals surface area contributed by atoms with E-state index in [1.54, 1.807) is 50.5 Å². The van der Waals surface area contributed by atoms with E-state index in [0.717, 1.165) is 0 Å². The van der Waals surface area contributed by atoms with Gasteiger partial charge in [-0.2, -0.15) is 0 Å². The predicted molar refractivity (Wildman–Crippen MR) is 94.1 cm³/mol. The summed E-state index contributed by atoms with van der Waals surface area (Å²) >= 11 is 0. The van der Waals surface area contributed by atoms with Gasteiger partial charge in [0.05, 0.1) is 0 Å². The molecule has 0 aliphatic heterocycles. The first-order valence-corrected chi connectivity index (χ1v) is 6.87. The van der Waals surface area contributed by atoms with Gasteiger partial charge in [-0.05, 0) is 32.0 Å². The van der Waals surface area contributed by atoms with Gasteiger partial charge in [0.25, 0.3) is 11.8 Å². The predicted octanol–water partition coefficient (Wildman–Crippen LogP) is 3.35. The Hall–Kier alpha value is -2.62. The Morgan fingerprint density at radius 1 is 0.909 bits per heavy atom. The Bertz CT molecular complexity index is 464. The Morgan fingerprint density at radius 2 is 1.27 bits per heavy atom. The highest BCUT2D eigenvalue weighted by molar-refractivity contribution is 5.99. The molecule has 0 heterocycles. The van der Waals surface area contributed by atoms with Gasteiger partial charge in [0.15, 0.2) is 0 Å². The van der Waals surface area contributed by atoms with E-state index in [1.165, 1.54) is 0 Å². The zero-order valence-corrected chi connectivity index (χ0v) is 13.8. The minimum absolute atomic E-state index is 0.198. The standard InChI is InChI=1S/C10H12N2O2.C4H8.C4H6/c1-11-9(13)7-4-3-5-8(6-7)10(14)12-2;2*1-3-4-2/h3-6H,1-2H3,(H,11,13)(H,12,14);3-4H,1-2H3;3-4H,1-2H2/b;4-3-;. The minimum Gasteiger partial charge on any atom is -0.355 e. The number of amides is 2. The molecule has 2 amide bonds. The average molecular weight is 302 g/mol. The Morgan fingerprint density at radius 3 is 1.50 bits per heavy atom. The minimum atomic E-state index is -0.198. The number of hydrogen-bond acceptors (Lipinski definition) is 2. The van der Waals surface area contributed by atoms with Crippen LogP contribution < -0.4 is 10.6 Å². The molecule has 0 aliphatic rings. The van der Waals surface area contributed by atoms with Crippen LogP contribution in [-0.2, 0) is 0 Å². The van der Waals surface area contributed by atoms with Gasteiger partial charge in [-0.3, -0.25) is 9.59 Å². The van der Waals surface area contributed by atoms with Crippen LogP contribution in [-0.4, -0.2) is 25.9 Å². The van der Waals surface area contributed by atoms with Gasteiger partial charge in [-0.1, -0.05) is 43.5 Å². The van der Waals surface area contributed by atoms with Gasteiger partial charge in [0.1, 0.15) is 0 Å². The molecule has 0 bridgehead atoms. The van der Waals surface area contributed by atoms with Crippen molar-refractivity contribution in [2.75, 3.05) is 14.1 Å². The van der Waals surface area contributed by atoms with Crippen LogP contribution in [0.2, 0.25) is 0 Å². The van der Waals surface area contributed by atoms with Crippen LogP contribution in [0.4, 0.5) is 0 Å². The monoisotopic (exact) mass is 302 g/mol. The number of rotatable bonds is 3. The normalized spacial score (nSPS) is 8.55. The summed E-state index contributed by atoms with van der Waals surface area (Å²) < 4.78 is 0. The summed E-state index contributed by atoms with van der Waals surface area (Å²) in [5.74, 6) is -0.397. The maximum atomic E-state index is 11.2. The third-order valence-electron chi connectivity index (χ3n) is 2.34. The van der Waals surface area contributed by atoms with Crippen LogP contribution in [0.3, 0.4) is 0 Å². The second kappa shape index (κ2) is 14.8. The molecule has 0 radical (unpaired) electrons. The van der Waals surface area contributed by atoms with E-state index >= 15 is 0 Å². The fourth-order valence-electron chi connectivity index (χ4n) is 1.09. The van der Waals surface area contributed by atoms with Crippen molar-refractivity contribution < 1.29 is 9.59 Å². The van der Waals surface area contributed by atoms with Crippen molar-refractivity contribution in [2.24, 2.45) is 0 Å². The van der Waals surface area contributed by atoms with E-state index in [-0.39, 0.29) is 11.8 Å². The van der Waals surface area contributed by atoms with E-state index in [2.05, 4.69) is 23.8 Å². The Kier molecular flexibility index (Phi) is 14.6. The molecule has 120 valence electrons. The smallest absolute Gasteiger partial charge is 0.251 e. The Labute approximate surface area is 133 Å². The fraction of sp³-hybridized carbons (Fsp3) is 0.222. The van der Waals surface area contributed by atoms with E-state index in [0.29, 0.717) is 11.1 Å². The molecule has 0 fully saturated rings. The van der Waals surface area contributed by atoms with Gasteiger partial charge in [-0.25, -0.2) is 0 Å². The summed E-state index contributed by atoms with van der Waals surface area (Å²) in [5.41, 5.74) is 0.960. The van der Waals surface area contributed by atoms with Crippen LogP contribution in [0.15, 0.2) is 61.7 Å². The van der Waals surface area contributed by atoms with E-state index in [4.69, 9.17) is 0 Å². The molecule has 0 saturated carbocycles. The molecule has 2 N–H and O–H groups in total. The van der Waals surface area contributed by atoms with Gasteiger partial charge >= 0.3 is 0 Å². The summed E-state index contributed by atoms with van der Waals surface area (Å²) in [6, 6.07) is 6.54. The lowest BCUT2D eigenvalue weighted by Crippen LogP contribution is -2.21. The molecule has 0 aliphatic carbocycles. The highest BCUT2D eigenvalue weighted by atomic mass is 16.2. The van der Waals surface area contributed by atoms with Crippen molar-refractivity contribution in [3.05, 3.63) is 72.9 Å². The number of allylic oxidation sites excluding steroid dienone is 4. The summed E-state index contributed by atoms with van der Waals surface area (Å²) in [7, 11) is 3.10. The van der Waals surface area contributed by atoms with Crippen LogP contribution >= 0.6 is 0 Å². The van der Waals surface area contributed by atoms with E-state index in [1.807, 2.05) is 26.0 Å². The SMILES string of the molecule is C/C=C\C.C=CC=C.CNC(=O)c1cccc(C(=O)NC)c1. The topological polar surface area (TPSA) is 58.2 Å². The number of nitrogens with one attached hydrogen (secondary N) is 2. The largest absolute Gasteiger partial charge is 0.355 e. The molecule has 1 aromatic rings. The zero-order chi connectivity index (χ0) is 17.4.